The number of carbonyl (C=O) groups is 1. The summed E-state index contributed by atoms with van der Waals surface area (Å²) in [7, 11) is 0. The molecule has 2 amide bonds. The Labute approximate surface area is 135 Å². The van der Waals surface area contributed by atoms with Crippen LogP contribution < -0.4 is 15.5 Å². The number of likely N-dealkylation sites (N-methyl/N-ethyl adjacent to an activating group) is 1. The second-order valence-electron chi connectivity index (χ2n) is 5.79. The van der Waals surface area contributed by atoms with E-state index in [1.54, 1.807) is 11.0 Å². The van der Waals surface area contributed by atoms with Gasteiger partial charge in [0.2, 0.25) is 0 Å². The molecule has 0 saturated heterocycles. The van der Waals surface area contributed by atoms with E-state index in [2.05, 4.69) is 38.6 Å². The zero-order chi connectivity index (χ0) is 16.2. The van der Waals surface area contributed by atoms with Crippen LogP contribution in [0.15, 0.2) is 30.9 Å². The molecule has 1 atom stereocenters. The molecule has 1 aromatic heterocycles. The summed E-state index contributed by atoms with van der Waals surface area (Å²) in [5.74, 6) is 0. The molecule has 0 radical (unpaired) electrons. The van der Waals surface area contributed by atoms with Gasteiger partial charge in [0.1, 0.15) is 12.7 Å². The summed E-state index contributed by atoms with van der Waals surface area (Å²) in [5, 5.41) is 9.84. The average molecular weight is 314 g/mol. The molecule has 7 nitrogen and oxygen atoms in total. The highest BCUT2D eigenvalue weighted by Gasteiger charge is 2.18. The van der Waals surface area contributed by atoms with Crippen molar-refractivity contribution in [1.29, 1.82) is 0 Å². The first-order valence-corrected chi connectivity index (χ1v) is 7.93. The third-order valence-electron chi connectivity index (χ3n) is 4.02. The third kappa shape index (κ3) is 3.61. The molecule has 0 spiro atoms. The van der Waals surface area contributed by atoms with Crippen LogP contribution in [0.5, 0.6) is 0 Å². The molecule has 23 heavy (non-hydrogen) atoms. The zero-order valence-corrected chi connectivity index (χ0v) is 13.5. The van der Waals surface area contributed by atoms with E-state index in [4.69, 9.17) is 0 Å². The van der Waals surface area contributed by atoms with Crippen LogP contribution in [-0.2, 0) is 13.0 Å². The fraction of sp³-hybridized carbons (Fsp3) is 0.438. The summed E-state index contributed by atoms with van der Waals surface area (Å²) in [6.07, 6.45) is 4.19. The van der Waals surface area contributed by atoms with E-state index < -0.39 is 0 Å². The van der Waals surface area contributed by atoms with Crippen molar-refractivity contribution in [3.63, 3.8) is 0 Å². The lowest BCUT2D eigenvalue weighted by Gasteiger charge is -2.18. The maximum absolute atomic E-state index is 12.1. The molecule has 1 unspecified atom stereocenters. The van der Waals surface area contributed by atoms with Gasteiger partial charge < -0.3 is 15.5 Å². The summed E-state index contributed by atoms with van der Waals surface area (Å²) in [6.45, 7) is 6.70. The lowest BCUT2D eigenvalue weighted by atomic mass is 10.1. The van der Waals surface area contributed by atoms with Gasteiger partial charge in [-0.15, -0.1) is 0 Å². The number of benzene rings is 1. The van der Waals surface area contributed by atoms with E-state index in [1.165, 1.54) is 17.6 Å². The predicted molar refractivity (Wildman–Crippen MR) is 89.7 cm³/mol. The molecule has 1 aliphatic rings. The topological polar surface area (TPSA) is 75.1 Å². The van der Waals surface area contributed by atoms with Crippen molar-refractivity contribution in [1.82, 2.24) is 20.1 Å². The van der Waals surface area contributed by atoms with Gasteiger partial charge in [0.15, 0.2) is 0 Å². The van der Waals surface area contributed by atoms with Gasteiger partial charge >= 0.3 is 6.03 Å². The first kappa shape index (κ1) is 15.3. The van der Waals surface area contributed by atoms with Crippen LogP contribution in [0.4, 0.5) is 16.2 Å². The van der Waals surface area contributed by atoms with Gasteiger partial charge in [-0.2, -0.15) is 5.10 Å². The molecule has 0 fully saturated rings. The van der Waals surface area contributed by atoms with Crippen molar-refractivity contribution in [3.05, 3.63) is 36.4 Å². The van der Waals surface area contributed by atoms with Gasteiger partial charge in [0.05, 0.1) is 6.54 Å². The number of amides is 2. The van der Waals surface area contributed by atoms with Crippen LogP contribution in [-0.4, -0.2) is 39.9 Å². The van der Waals surface area contributed by atoms with E-state index in [0.29, 0.717) is 6.54 Å². The number of aromatic nitrogens is 3. The predicted octanol–water partition coefficient (Wildman–Crippen LogP) is 1.87. The molecule has 2 heterocycles. The summed E-state index contributed by atoms with van der Waals surface area (Å²) in [4.78, 5) is 18.3. The Kier molecular flexibility index (Phi) is 4.45. The molecule has 0 bridgehead atoms. The van der Waals surface area contributed by atoms with Crippen LogP contribution in [0.1, 0.15) is 19.4 Å². The first-order valence-electron chi connectivity index (χ1n) is 7.93. The number of rotatable bonds is 5. The van der Waals surface area contributed by atoms with Crippen LogP contribution in [0.2, 0.25) is 0 Å². The molecular formula is C16H22N6O. The van der Waals surface area contributed by atoms with Crippen molar-refractivity contribution in [2.45, 2.75) is 32.9 Å². The SMILES string of the molecule is CCN1CCc2ccc(NC(=O)NC(C)Cn3cncn3)cc21. The Morgan fingerprint density at radius 3 is 3.04 bits per heavy atom. The zero-order valence-electron chi connectivity index (χ0n) is 13.5. The molecule has 2 N–H and O–H groups in total. The lowest BCUT2D eigenvalue weighted by Crippen LogP contribution is -2.38. The molecule has 1 aromatic carbocycles. The Morgan fingerprint density at radius 2 is 2.30 bits per heavy atom. The van der Waals surface area contributed by atoms with Gasteiger partial charge in [0, 0.05) is 30.5 Å². The summed E-state index contributed by atoms with van der Waals surface area (Å²) in [6, 6.07) is 5.85. The van der Waals surface area contributed by atoms with Gasteiger partial charge in [-0.1, -0.05) is 6.07 Å². The molecule has 1 aliphatic heterocycles. The second-order valence-corrected chi connectivity index (χ2v) is 5.79. The monoisotopic (exact) mass is 314 g/mol. The van der Waals surface area contributed by atoms with Crippen molar-refractivity contribution >= 4 is 17.4 Å². The second kappa shape index (κ2) is 6.68. The van der Waals surface area contributed by atoms with E-state index in [9.17, 15) is 4.79 Å². The fourth-order valence-electron chi connectivity index (χ4n) is 2.90. The molecule has 2 aromatic rings. The summed E-state index contributed by atoms with van der Waals surface area (Å²) >= 11 is 0. The minimum atomic E-state index is -0.210. The van der Waals surface area contributed by atoms with E-state index in [0.717, 1.165) is 25.2 Å². The van der Waals surface area contributed by atoms with Gasteiger partial charge in [-0.05, 0) is 38.0 Å². The van der Waals surface area contributed by atoms with Gasteiger partial charge in [-0.3, -0.25) is 4.68 Å². The van der Waals surface area contributed by atoms with Crippen LogP contribution >= 0.6 is 0 Å². The minimum absolute atomic E-state index is 0.0433. The number of carbonyl (C=O) groups excluding carboxylic acids is 1. The molecule has 0 aliphatic carbocycles. The number of nitrogens with one attached hydrogen (secondary N) is 2. The Bertz CT molecular complexity index is 669. The van der Waals surface area contributed by atoms with Crippen molar-refractivity contribution in [3.8, 4) is 0 Å². The van der Waals surface area contributed by atoms with Gasteiger partial charge in [-0.25, -0.2) is 9.78 Å². The largest absolute Gasteiger partial charge is 0.371 e. The van der Waals surface area contributed by atoms with E-state index >= 15 is 0 Å². The van der Waals surface area contributed by atoms with E-state index in [1.807, 2.05) is 19.1 Å². The number of urea groups is 1. The molecule has 122 valence electrons. The summed E-state index contributed by atoms with van der Waals surface area (Å²) in [5.41, 5.74) is 3.38. The summed E-state index contributed by atoms with van der Waals surface area (Å²) < 4.78 is 1.69. The van der Waals surface area contributed by atoms with Crippen molar-refractivity contribution < 1.29 is 4.79 Å². The van der Waals surface area contributed by atoms with Crippen LogP contribution in [0.25, 0.3) is 0 Å². The maximum Gasteiger partial charge on any atom is 0.319 e. The number of hydrogen-bond acceptors (Lipinski definition) is 4. The van der Waals surface area contributed by atoms with Crippen molar-refractivity contribution in [2.75, 3.05) is 23.3 Å². The molecule has 0 saturated carbocycles. The Morgan fingerprint density at radius 1 is 1.43 bits per heavy atom. The number of hydrogen-bond donors (Lipinski definition) is 2. The highest BCUT2D eigenvalue weighted by atomic mass is 16.2. The highest BCUT2D eigenvalue weighted by Crippen LogP contribution is 2.30. The smallest absolute Gasteiger partial charge is 0.319 e. The fourth-order valence-corrected chi connectivity index (χ4v) is 2.90. The molecule has 3 rings (SSSR count). The molecular weight excluding hydrogens is 292 g/mol. The Balaban J connectivity index is 1.58. The standard InChI is InChI=1S/C16H22N6O/c1-3-21-7-6-13-4-5-14(8-15(13)21)20-16(23)19-12(2)9-22-11-17-10-18-22/h4-5,8,10-12H,3,6-7,9H2,1-2H3,(H2,19,20,23). The maximum atomic E-state index is 12.1. The normalized spacial score (nSPS) is 14.4. The number of nitrogens with zero attached hydrogens (tertiary/aromatic N) is 4. The minimum Gasteiger partial charge on any atom is -0.371 e. The number of fused-ring (bicyclic) bond motifs is 1. The van der Waals surface area contributed by atoms with Crippen LogP contribution in [0.3, 0.4) is 0 Å². The van der Waals surface area contributed by atoms with Crippen LogP contribution in [0, 0.1) is 0 Å². The number of anilines is 2. The average Bonchev–Trinajstić information content (AvgIpc) is 3.15. The Hall–Kier alpha value is -2.57. The highest BCUT2D eigenvalue weighted by molar-refractivity contribution is 5.90. The first-order chi connectivity index (χ1) is 11.2. The quantitative estimate of drug-likeness (QED) is 0.883. The third-order valence-corrected chi connectivity index (χ3v) is 4.02. The van der Waals surface area contributed by atoms with E-state index in [-0.39, 0.29) is 12.1 Å². The van der Waals surface area contributed by atoms with Crippen molar-refractivity contribution in [2.24, 2.45) is 0 Å². The lowest BCUT2D eigenvalue weighted by molar-refractivity contribution is 0.247. The molecule has 7 heteroatoms. The van der Waals surface area contributed by atoms with Gasteiger partial charge in [0.25, 0.3) is 0 Å².